The van der Waals surface area contributed by atoms with Crippen LogP contribution in [-0.2, 0) is 4.74 Å². The van der Waals surface area contributed by atoms with Crippen LogP contribution < -0.4 is 0 Å². The molecule has 0 unspecified atom stereocenters. The van der Waals surface area contributed by atoms with Gasteiger partial charge in [-0.15, -0.1) is 0 Å². The molecule has 0 aromatic carbocycles. The van der Waals surface area contributed by atoms with Gasteiger partial charge in [0.1, 0.15) is 31.7 Å². The molecule has 0 aliphatic carbocycles. The Morgan fingerprint density at radius 2 is 1.80 bits per heavy atom. The predicted octanol–water partition coefficient (Wildman–Crippen LogP) is 1.04. The average Bonchev–Trinajstić information content (AvgIpc) is 2.40. The van der Waals surface area contributed by atoms with Crippen LogP contribution in [0.2, 0.25) is 0 Å². The first-order valence-electron chi connectivity index (χ1n) is 4.12. The van der Waals surface area contributed by atoms with E-state index in [-0.39, 0.29) is 22.4 Å². The van der Waals surface area contributed by atoms with Crippen LogP contribution in [0.1, 0.15) is 13.8 Å². The second-order valence-electron chi connectivity index (χ2n) is 3.44. The van der Waals surface area contributed by atoms with Crippen molar-refractivity contribution in [3.05, 3.63) is 22.4 Å². The summed E-state index contributed by atoms with van der Waals surface area (Å²) in [5, 5.41) is 26.2. The zero-order chi connectivity index (χ0) is 11.6. The molecule has 70 valence electrons. The SMILES string of the molecule is [B]C1=C(C#N)C(=C(C#N)C#N)OC1(C)C. The summed E-state index contributed by atoms with van der Waals surface area (Å²) in [4.78, 5) is 0. The minimum Gasteiger partial charge on any atom is -0.481 e. The summed E-state index contributed by atoms with van der Waals surface area (Å²) in [6.45, 7) is 3.33. The van der Waals surface area contributed by atoms with Crippen LogP contribution in [0.3, 0.4) is 0 Å². The molecule has 0 atom stereocenters. The Balaban J connectivity index is 3.47. The highest BCUT2D eigenvalue weighted by Gasteiger charge is 2.36. The molecule has 15 heavy (non-hydrogen) atoms. The highest BCUT2D eigenvalue weighted by molar-refractivity contribution is 6.24. The van der Waals surface area contributed by atoms with Gasteiger partial charge >= 0.3 is 0 Å². The van der Waals surface area contributed by atoms with E-state index in [0.717, 1.165) is 0 Å². The van der Waals surface area contributed by atoms with E-state index in [1.807, 2.05) is 6.07 Å². The first-order valence-corrected chi connectivity index (χ1v) is 4.12. The van der Waals surface area contributed by atoms with Gasteiger partial charge in [0.15, 0.2) is 11.3 Å². The Hall–Kier alpha value is -2.19. The van der Waals surface area contributed by atoms with Gasteiger partial charge in [0.25, 0.3) is 0 Å². The lowest BCUT2D eigenvalue weighted by atomic mass is 9.80. The van der Waals surface area contributed by atoms with Gasteiger partial charge in [-0.05, 0) is 13.8 Å². The number of nitrogens with zero attached hydrogens (tertiary/aromatic N) is 3. The molecule has 0 bridgehead atoms. The largest absolute Gasteiger partial charge is 0.481 e. The van der Waals surface area contributed by atoms with Crippen LogP contribution in [0, 0.1) is 34.0 Å². The zero-order valence-electron chi connectivity index (χ0n) is 8.33. The van der Waals surface area contributed by atoms with Crippen molar-refractivity contribution in [3.63, 3.8) is 0 Å². The van der Waals surface area contributed by atoms with Crippen molar-refractivity contribution < 1.29 is 4.74 Å². The van der Waals surface area contributed by atoms with E-state index in [1.54, 1.807) is 26.0 Å². The van der Waals surface area contributed by atoms with Gasteiger partial charge < -0.3 is 4.74 Å². The Labute approximate surface area is 89.1 Å². The quantitative estimate of drug-likeness (QED) is 0.427. The van der Waals surface area contributed by atoms with Crippen LogP contribution >= 0.6 is 0 Å². The van der Waals surface area contributed by atoms with Crippen molar-refractivity contribution in [2.24, 2.45) is 0 Å². The Morgan fingerprint density at radius 3 is 2.20 bits per heavy atom. The molecular weight excluding hydrogens is 189 g/mol. The zero-order valence-corrected chi connectivity index (χ0v) is 8.33. The van der Waals surface area contributed by atoms with E-state index in [1.165, 1.54) is 0 Å². The highest BCUT2D eigenvalue weighted by Crippen LogP contribution is 2.37. The molecule has 1 rings (SSSR count). The molecule has 4 nitrogen and oxygen atoms in total. The molecule has 0 fully saturated rings. The molecule has 0 aromatic heterocycles. The number of allylic oxidation sites excluding steroid dienone is 2. The van der Waals surface area contributed by atoms with Crippen molar-refractivity contribution in [1.82, 2.24) is 0 Å². The summed E-state index contributed by atoms with van der Waals surface area (Å²) in [5.74, 6) is -0.0231. The van der Waals surface area contributed by atoms with Crippen LogP contribution in [0.4, 0.5) is 0 Å². The Kier molecular flexibility index (Phi) is 2.56. The maximum atomic E-state index is 8.86. The highest BCUT2D eigenvalue weighted by atomic mass is 16.5. The molecule has 0 saturated heterocycles. The molecular formula is C10H6BN3O. The van der Waals surface area contributed by atoms with E-state index in [4.69, 9.17) is 28.4 Å². The standard InChI is InChI=1S/C10H6BN3O/c1-10(2)9(11)7(5-14)8(15-10)6(3-12)4-13/h1-2H3. The van der Waals surface area contributed by atoms with Gasteiger partial charge in [0.05, 0.1) is 5.57 Å². The second kappa shape index (κ2) is 3.52. The van der Waals surface area contributed by atoms with E-state index in [2.05, 4.69) is 0 Å². The maximum Gasteiger partial charge on any atom is 0.172 e. The first kappa shape index (κ1) is 10.9. The fourth-order valence-electron chi connectivity index (χ4n) is 1.20. The molecule has 0 spiro atoms. The minimum absolute atomic E-state index is 0.0231. The van der Waals surface area contributed by atoms with Gasteiger partial charge in [-0.1, -0.05) is 5.47 Å². The van der Waals surface area contributed by atoms with Crippen molar-refractivity contribution in [3.8, 4) is 18.2 Å². The van der Waals surface area contributed by atoms with Crippen molar-refractivity contribution >= 4 is 7.85 Å². The lowest BCUT2D eigenvalue weighted by Crippen LogP contribution is -2.21. The molecule has 0 amide bonds. The average molecular weight is 195 g/mol. The number of nitriles is 3. The number of rotatable bonds is 0. The fraction of sp³-hybridized carbons (Fsp3) is 0.300. The summed E-state index contributed by atoms with van der Waals surface area (Å²) >= 11 is 0. The van der Waals surface area contributed by atoms with Gasteiger partial charge in [-0.25, -0.2) is 0 Å². The van der Waals surface area contributed by atoms with E-state index in [0.29, 0.717) is 0 Å². The lowest BCUT2D eigenvalue weighted by molar-refractivity contribution is 0.0982. The molecule has 5 heteroatoms. The first-order chi connectivity index (χ1) is 6.97. The molecule has 0 saturated carbocycles. The van der Waals surface area contributed by atoms with Gasteiger partial charge in [0.2, 0.25) is 0 Å². The van der Waals surface area contributed by atoms with Crippen LogP contribution in [0.15, 0.2) is 22.4 Å². The third-order valence-electron chi connectivity index (χ3n) is 2.06. The fourth-order valence-corrected chi connectivity index (χ4v) is 1.20. The molecule has 1 aliphatic heterocycles. The Bertz CT molecular complexity index is 478. The summed E-state index contributed by atoms with van der Waals surface area (Å²) < 4.78 is 5.32. The van der Waals surface area contributed by atoms with Gasteiger partial charge in [-0.2, -0.15) is 15.8 Å². The third-order valence-corrected chi connectivity index (χ3v) is 2.06. The summed E-state index contributed by atoms with van der Waals surface area (Å²) in [7, 11) is 5.68. The third kappa shape index (κ3) is 1.58. The van der Waals surface area contributed by atoms with Gasteiger partial charge in [0, 0.05) is 0 Å². The molecule has 1 aliphatic rings. The number of ether oxygens (including phenoxy) is 1. The molecule has 0 aromatic rings. The minimum atomic E-state index is -0.848. The van der Waals surface area contributed by atoms with E-state index >= 15 is 0 Å². The molecule has 0 N–H and O–H groups in total. The number of hydrogen-bond donors (Lipinski definition) is 0. The van der Waals surface area contributed by atoms with Crippen molar-refractivity contribution in [2.45, 2.75) is 19.4 Å². The van der Waals surface area contributed by atoms with Crippen LogP contribution in [0.5, 0.6) is 0 Å². The maximum absolute atomic E-state index is 8.86. The normalized spacial score (nSPS) is 17.4. The lowest BCUT2D eigenvalue weighted by Gasteiger charge is -2.20. The van der Waals surface area contributed by atoms with Crippen LogP contribution in [0.25, 0.3) is 0 Å². The topological polar surface area (TPSA) is 80.6 Å². The van der Waals surface area contributed by atoms with Crippen molar-refractivity contribution in [2.75, 3.05) is 0 Å². The summed E-state index contributed by atoms with van der Waals surface area (Å²) in [6.07, 6.45) is 0. The van der Waals surface area contributed by atoms with Crippen molar-refractivity contribution in [1.29, 1.82) is 15.8 Å². The second-order valence-corrected chi connectivity index (χ2v) is 3.44. The monoisotopic (exact) mass is 195 g/mol. The van der Waals surface area contributed by atoms with E-state index < -0.39 is 5.60 Å². The Morgan fingerprint density at radius 1 is 1.27 bits per heavy atom. The summed E-state index contributed by atoms with van der Waals surface area (Å²) in [5.41, 5.74) is -0.777. The van der Waals surface area contributed by atoms with Crippen LogP contribution in [-0.4, -0.2) is 13.4 Å². The molecule has 1 heterocycles. The van der Waals surface area contributed by atoms with E-state index in [9.17, 15) is 0 Å². The smallest absolute Gasteiger partial charge is 0.172 e. The molecule has 2 radical (unpaired) electrons. The van der Waals surface area contributed by atoms with Gasteiger partial charge in [-0.3, -0.25) is 0 Å². The number of hydrogen-bond acceptors (Lipinski definition) is 4. The summed E-state index contributed by atoms with van der Waals surface area (Å²) in [6, 6.07) is 5.18. The predicted molar refractivity (Wildman–Crippen MR) is 51.8 cm³/mol.